The van der Waals surface area contributed by atoms with Crippen molar-refractivity contribution in [3.63, 3.8) is 0 Å². The monoisotopic (exact) mass is 223 g/mol. The minimum atomic E-state index is 0.510. The van der Waals surface area contributed by atoms with Gasteiger partial charge in [-0.2, -0.15) is 0 Å². The summed E-state index contributed by atoms with van der Waals surface area (Å²) < 4.78 is 10.5. The highest BCUT2D eigenvalue weighted by molar-refractivity contribution is 5.40. The van der Waals surface area contributed by atoms with Crippen molar-refractivity contribution in [2.45, 2.75) is 32.9 Å². The predicted molar refractivity (Wildman–Crippen MR) is 66.1 cm³/mol. The second kappa shape index (κ2) is 6.38. The zero-order chi connectivity index (χ0) is 12.0. The Balaban J connectivity index is 2.75. The summed E-state index contributed by atoms with van der Waals surface area (Å²) in [5.74, 6) is 1.76. The Bertz CT molecular complexity index is 326. The van der Waals surface area contributed by atoms with Crippen LogP contribution in [0.4, 0.5) is 0 Å². The van der Waals surface area contributed by atoms with Gasteiger partial charge in [0.2, 0.25) is 0 Å². The third-order valence-electron chi connectivity index (χ3n) is 2.74. The third-order valence-corrected chi connectivity index (χ3v) is 2.74. The van der Waals surface area contributed by atoms with Crippen LogP contribution < -0.4 is 14.8 Å². The number of benzene rings is 1. The van der Waals surface area contributed by atoms with Gasteiger partial charge in [0.1, 0.15) is 11.5 Å². The summed E-state index contributed by atoms with van der Waals surface area (Å²) in [5.41, 5.74) is 1.13. The molecule has 1 rings (SSSR count). The van der Waals surface area contributed by atoms with Crippen LogP contribution in [0.15, 0.2) is 18.2 Å². The van der Waals surface area contributed by atoms with Gasteiger partial charge in [0, 0.05) is 18.2 Å². The van der Waals surface area contributed by atoms with Gasteiger partial charge in [-0.25, -0.2) is 0 Å². The fraction of sp³-hybridized carbons (Fsp3) is 0.538. The molecule has 0 aliphatic rings. The molecule has 3 heteroatoms. The maximum absolute atomic E-state index is 5.32. The molecule has 0 fully saturated rings. The lowest BCUT2D eigenvalue weighted by atomic mass is 10.1. The Labute approximate surface area is 97.8 Å². The van der Waals surface area contributed by atoms with Crippen LogP contribution in [0, 0.1) is 0 Å². The van der Waals surface area contributed by atoms with Crippen molar-refractivity contribution in [2.24, 2.45) is 0 Å². The first-order chi connectivity index (χ1) is 7.71. The highest BCUT2D eigenvalue weighted by atomic mass is 16.5. The molecule has 0 aliphatic heterocycles. The van der Waals surface area contributed by atoms with Crippen LogP contribution in [-0.4, -0.2) is 20.3 Å². The standard InChI is InChI=1S/C13H21NO2/c1-5-10(2)14-9-11-8-12(15-3)6-7-13(11)16-4/h6-8,10,14H,5,9H2,1-4H3/t10-/m0/s1. The molecule has 0 spiro atoms. The van der Waals surface area contributed by atoms with Crippen molar-refractivity contribution in [3.05, 3.63) is 23.8 Å². The van der Waals surface area contributed by atoms with E-state index in [1.807, 2.05) is 18.2 Å². The smallest absolute Gasteiger partial charge is 0.123 e. The number of methoxy groups -OCH3 is 2. The van der Waals surface area contributed by atoms with Gasteiger partial charge < -0.3 is 14.8 Å². The molecule has 0 amide bonds. The number of hydrogen-bond donors (Lipinski definition) is 1. The fourth-order valence-corrected chi connectivity index (χ4v) is 1.45. The Morgan fingerprint density at radius 1 is 1.25 bits per heavy atom. The Kier molecular flexibility index (Phi) is 5.12. The Hall–Kier alpha value is -1.22. The van der Waals surface area contributed by atoms with Gasteiger partial charge in [-0.15, -0.1) is 0 Å². The third kappa shape index (κ3) is 3.42. The van der Waals surface area contributed by atoms with E-state index in [0.717, 1.165) is 30.0 Å². The van der Waals surface area contributed by atoms with E-state index >= 15 is 0 Å². The summed E-state index contributed by atoms with van der Waals surface area (Å²) in [4.78, 5) is 0. The molecule has 90 valence electrons. The largest absolute Gasteiger partial charge is 0.497 e. The maximum atomic E-state index is 5.32. The van der Waals surface area contributed by atoms with E-state index < -0.39 is 0 Å². The van der Waals surface area contributed by atoms with E-state index in [1.54, 1.807) is 14.2 Å². The first kappa shape index (κ1) is 12.8. The summed E-state index contributed by atoms with van der Waals surface area (Å²) in [7, 11) is 3.36. The molecular weight excluding hydrogens is 202 g/mol. The Morgan fingerprint density at radius 2 is 2.00 bits per heavy atom. The highest BCUT2D eigenvalue weighted by Gasteiger charge is 2.06. The first-order valence-electron chi connectivity index (χ1n) is 5.65. The molecule has 1 atom stereocenters. The normalized spacial score (nSPS) is 12.2. The quantitative estimate of drug-likeness (QED) is 0.804. The van der Waals surface area contributed by atoms with E-state index in [-0.39, 0.29) is 0 Å². The molecule has 1 N–H and O–H groups in total. The van der Waals surface area contributed by atoms with Gasteiger partial charge in [-0.3, -0.25) is 0 Å². The van der Waals surface area contributed by atoms with E-state index in [4.69, 9.17) is 9.47 Å². The van der Waals surface area contributed by atoms with Crippen LogP contribution in [-0.2, 0) is 6.54 Å². The minimum Gasteiger partial charge on any atom is -0.497 e. The first-order valence-corrected chi connectivity index (χ1v) is 5.65. The van der Waals surface area contributed by atoms with Crippen LogP contribution in [0.1, 0.15) is 25.8 Å². The molecule has 0 unspecified atom stereocenters. The van der Waals surface area contributed by atoms with Gasteiger partial charge in [-0.05, 0) is 31.5 Å². The van der Waals surface area contributed by atoms with Crippen LogP contribution in [0.2, 0.25) is 0 Å². The Morgan fingerprint density at radius 3 is 2.56 bits per heavy atom. The van der Waals surface area contributed by atoms with Crippen LogP contribution in [0.5, 0.6) is 11.5 Å². The summed E-state index contributed by atoms with van der Waals surface area (Å²) >= 11 is 0. The lowest BCUT2D eigenvalue weighted by Gasteiger charge is -2.14. The van der Waals surface area contributed by atoms with Gasteiger partial charge in [-0.1, -0.05) is 6.92 Å². The zero-order valence-corrected chi connectivity index (χ0v) is 10.5. The molecule has 0 aromatic heterocycles. The van der Waals surface area contributed by atoms with E-state index in [9.17, 15) is 0 Å². The van der Waals surface area contributed by atoms with Crippen LogP contribution in [0.25, 0.3) is 0 Å². The van der Waals surface area contributed by atoms with Crippen molar-refractivity contribution in [1.82, 2.24) is 5.32 Å². The molecular formula is C13H21NO2. The molecule has 1 aromatic rings. The number of rotatable bonds is 6. The fourth-order valence-electron chi connectivity index (χ4n) is 1.45. The van der Waals surface area contributed by atoms with Crippen molar-refractivity contribution in [2.75, 3.05) is 14.2 Å². The van der Waals surface area contributed by atoms with Crippen molar-refractivity contribution in [3.8, 4) is 11.5 Å². The number of nitrogens with one attached hydrogen (secondary N) is 1. The lowest BCUT2D eigenvalue weighted by molar-refractivity contribution is 0.395. The van der Waals surface area contributed by atoms with Gasteiger partial charge in [0.15, 0.2) is 0 Å². The molecule has 1 aromatic carbocycles. The zero-order valence-electron chi connectivity index (χ0n) is 10.5. The highest BCUT2D eigenvalue weighted by Crippen LogP contribution is 2.23. The van der Waals surface area contributed by atoms with Gasteiger partial charge in [0.05, 0.1) is 14.2 Å². The van der Waals surface area contributed by atoms with E-state index in [2.05, 4.69) is 19.2 Å². The molecule has 3 nitrogen and oxygen atoms in total. The van der Waals surface area contributed by atoms with Crippen molar-refractivity contribution in [1.29, 1.82) is 0 Å². The summed E-state index contributed by atoms with van der Waals surface area (Å²) in [6, 6.07) is 6.36. The SMILES string of the molecule is CC[C@H](C)NCc1cc(OC)ccc1OC. The molecule has 0 heterocycles. The topological polar surface area (TPSA) is 30.5 Å². The second-order valence-electron chi connectivity index (χ2n) is 3.87. The second-order valence-corrected chi connectivity index (χ2v) is 3.87. The molecule has 0 radical (unpaired) electrons. The molecule has 0 bridgehead atoms. The molecule has 0 saturated carbocycles. The lowest BCUT2D eigenvalue weighted by Crippen LogP contribution is -2.24. The van der Waals surface area contributed by atoms with Crippen molar-refractivity contribution >= 4 is 0 Å². The number of hydrogen-bond acceptors (Lipinski definition) is 3. The summed E-state index contributed by atoms with van der Waals surface area (Å²) in [5, 5.41) is 3.44. The molecule has 0 saturated heterocycles. The predicted octanol–water partition coefficient (Wildman–Crippen LogP) is 2.59. The maximum Gasteiger partial charge on any atom is 0.123 e. The van der Waals surface area contributed by atoms with Crippen LogP contribution in [0.3, 0.4) is 0 Å². The summed E-state index contributed by atoms with van der Waals surface area (Å²) in [6.07, 6.45) is 1.12. The van der Waals surface area contributed by atoms with Crippen molar-refractivity contribution < 1.29 is 9.47 Å². The number of ether oxygens (including phenoxy) is 2. The molecule has 0 aliphatic carbocycles. The summed E-state index contributed by atoms with van der Waals surface area (Å²) in [6.45, 7) is 5.14. The average Bonchev–Trinajstić information content (AvgIpc) is 2.35. The minimum absolute atomic E-state index is 0.510. The average molecular weight is 223 g/mol. The van der Waals surface area contributed by atoms with Gasteiger partial charge in [0.25, 0.3) is 0 Å². The van der Waals surface area contributed by atoms with Gasteiger partial charge >= 0.3 is 0 Å². The van der Waals surface area contributed by atoms with E-state index in [1.165, 1.54) is 0 Å². The molecule has 16 heavy (non-hydrogen) atoms. The van der Waals surface area contributed by atoms with Crippen LogP contribution >= 0.6 is 0 Å². The van der Waals surface area contributed by atoms with E-state index in [0.29, 0.717) is 6.04 Å².